The number of guanidine groups is 1. The van der Waals surface area contributed by atoms with Crippen LogP contribution in [0.2, 0.25) is 0 Å². The summed E-state index contributed by atoms with van der Waals surface area (Å²) < 4.78 is 10.7. The summed E-state index contributed by atoms with van der Waals surface area (Å²) in [5, 5.41) is 0. The first-order chi connectivity index (χ1) is 15.4. The Hall–Kier alpha value is -3.23. The number of aliphatic imine (C=N–C) groups is 1. The number of likely N-dealkylation sites (N-methyl/N-ethyl adjacent to an activating group) is 1. The molecule has 9 nitrogen and oxygen atoms in total. The molecule has 1 aromatic rings. The molecular weight excluding hydrogens is 410 g/mol. The molecule has 3 heterocycles. The average Bonchev–Trinajstić information content (AvgIpc) is 3.30. The number of amides is 3. The lowest BCUT2D eigenvalue weighted by atomic mass is 10.1. The van der Waals surface area contributed by atoms with E-state index in [-0.39, 0.29) is 11.9 Å². The Kier molecular flexibility index (Phi) is 5.99. The highest BCUT2D eigenvalue weighted by Gasteiger charge is 2.53. The van der Waals surface area contributed by atoms with E-state index in [0.29, 0.717) is 24.6 Å². The van der Waals surface area contributed by atoms with E-state index in [4.69, 9.17) is 14.5 Å². The summed E-state index contributed by atoms with van der Waals surface area (Å²) in [4.78, 5) is 37.8. The van der Waals surface area contributed by atoms with E-state index in [2.05, 4.69) is 4.90 Å². The first-order valence-corrected chi connectivity index (χ1v) is 11.0. The molecule has 9 heteroatoms. The van der Waals surface area contributed by atoms with Gasteiger partial charge in [-0.3, -0.25) is 9.69 Å². The molecule has 3 amide bonds. The highest BCUT2D eigenvalue weighted by molar-refractivity contribution is 6.04. The van der Waals surface area contributed by atoms with Gasteiger partial charge in [-0.1, -0.05) is 19.4 Å². The van der Waals surface area contributed by atoms with Crippen molar-refractivity contribution in [2.24, 2.45) is 4.99 Å². The Balaban J connectivity index is 1.52. The number of urea groups is 1. The first-order valence-electron chi connectivity index (χ1n) is 11.0. The number of fused-ring (bicyclic) bond motifs is 3. The summed E-state index contributed by atoms with van der Waals surface area (Å²) in [7, 11) is 4.97. The molecule has 172 valence electrons. The Labute approximate surface area is 188 Å². The van der Waals surface area contributed by atoms with Gasteiger partial charge in [-0.15, -0.1) is 0 Å². The van der Waals surface area contributed by atoms with Crippen LogP contribution in [0.4, 0.5) is 4.79 Å². The number of hydrogen-bond donors (Lipinski definition) is 0. The minimum atomic E-state index is -0.509. The zero-order valence-electron chi connectivity index (χ0n) is 19.4. The van der Waals surface area contributed by atoms with Gasteiger partial charge in [0.1, 0.15) is 0 Å². The molecule has 2 unspecified atom stereocenters. The highest BCUT2D eigenvalue weighted by Crippen LogP contribution is 2.34. The van der Waals surface area contributed by atoms with Crippen molar-refractivity contribution in [2.75, 3.05) is 34.4 Å². The lowest BCUT2D eigenvalue weighted by Crippen LogP contribution is -2.64. The smallest absolute Gasteiger partial charge is 0.328 e. The fraction of sp³-hybridized carbons (Fsp3) is 0.522. The number of ether oxygens (including phenoxy) is 2. The van der Waals surface area contributed by atoms with Crippen LogP contribution in [0.25, 0.3) is 0 Å². The topological polar surface area (TPSA) is 77.9 Å². The summed E-state index contributed by atoms with van der Waals surface area (Å²) in [6.45, 7) is 5.20. The predicted octanol–water partition coefficient (Wildman–Crippen LogP) is 2.48. The fourth-order valence-electron chi connectivity index (χ4n) is 4.48. The highest BCUT2D eigenvalue weighted by atomic mass is 16.5. The molecule has 3 aliphatic rings. The number of hydrogen-bond acceptors (Lipinski definition) is 7. The maximum absolute atomic E-state index is 13.2. The maximum Gasteiger partial charge on any atom is 0.328 e. The molecule has 0 bridgehead atoms. The van der Waals surface area contributed by atoms with Crippen LogP contribution in [0.5, 0.6) is 11.5 Å². The number of rotatable bonds is 8. The van der Waals surface area contributed by atoms with Gasteiger partial charge in [0.05, 0.1) is 14.2 Å². The molecule has 0 aromatic heterocycles. The number of allylic oxidation sites excluding steroid dienone is 1. The van der Waals surface area contributed by atoms with Crippen molar-refractivity contribution < 1.29 is 19.1 Å². The van der Waals surface area contributed by atoms with Crippen LogP contribution in [0, 0.1) is 0 Å². The summed E-state index contributed by atoms with van der Waals surface area (Å²) in [5.41, 5.74) is 2.13. The van der Waals surface area contributed by atoms with E-state index in [9.17, 15) is 9.59 Å². The Bertz CT molecular complexity index is 975. The van der Waals surface area contributed by atoms with Gasteiger partial charge in [0.2, 0.25) is 5.96 Å². The van der Waals surface area contributed by atoms with E-state index >= 15 is 0 Å². The van der Waals surface area contributed by atoms with Crippen LogP contribution in [-0.4, -0.2) is 84.1 Å². The van der Waals surface area contributed by atoms with Gasteiger partial charge in [0, 0.05) is 32.0 Å². The molecule has 1 fully saturated rings. The van der Waals surface area contributed by atoms with Gasteiger partial charge >= 0.3 is 6.03 Å². The molecule has 2 atom stereocenters. The minimum Gasteiger partial charge on any atom is -0.493 e. The standard InChI is InChI=1S/C23H31N5O4/c1-6-7-11-27-21(29)19-20(25(3)23(27)30)24-22-26(15(2)14-28(19)22)12-10-16-8-9-17(31-4)18(13-16)32-5/h8-9,13-14,19-20H,6-7,10-12H2,1-5H3. The van der Waals surface area contributed by atoms with Gasteiger partial charge in [0.15, 0.2) is 23.7 Å². The van der Waals surface area contributed by atoms with Gasteiger partial charge in [0.25, 0.3) is 5.91 Å². The number of methoxy groups -OCH3 is 2. The average molecular weight is 442 g/mol. The number of nitrogens with zero attached hydrogens (tertiary/aromatic N) is 5. The molecule has 3 aliphatic heterocycles. The largest absolute Gasteiger partial charge is 0.493 e. The van der Waals surface area contributed by atoms with E-state index in [1.165, 1.54) is 4.90 Å². The quantitative estimate of drug-likeness (QED) is 0.617. The normalized spacial score (nSPS) is 22.2. The van der Waals surface area contributed by atoms with E-state index in [1.807, 2.05) is 43.1 Å². The number of unbranched alkanes of at least 4 members (excludes halogenated alkanes) is 1. The molecule has 0 N–H and O–H groups in total. The molecule has 1 aromatic carbocycles. The fourth-order valence-corrected chi connectivity index (χ4v) is 4.48. The van der Waals surface area contributed by atoms with E-state index in [1.54, 1.807) is 26.2 Å². The van der Waals surface area contributed by atoms with Crippen LogP contribution in [0.3, 0.4) is 0 Å². The van der Waals surface area contributed by atoms with Gasteiger partial charge in [-0.05, 0) is 37.5 Å². The molecule has 0 radical (unpaired) electrons. The second kappa shape index (κ2) is 8.72. The Morgan fingerprint density at radius 2 is 1.81 bits per heavy atom. The lowest BCUT2D eigenvalue weighted by Gasteiger charge is -2.40. The Morgan fingerprint density at radius 1 is 1.06 bits per heavy atom. The molecule has 0 spiro atoms. The van der Waals surface area contributed by atoms with Crippen molar-refractivity contribution >= 4 is 17.9 Å². The third-order valence-corrected chi connectivity index (χ3v) is 6.31. The van der Waals surface area contributed by atoms with Crippen molar-refractivity contribution in [2.45, 2.75) is 45.3 Å². The van der Waals surface area contributed by atoms with Crippen molar-refractivity contribution in [3.05, 3.63) is 35.7 Å². The predicted molar refractivity (Wildman–Crippen MR) is 120 cm³/mol. The monoisotopic (exact) mass is 441 g/mol. The molecule has 4 rings (SSSR count). The van der Waals surface area contributed by atoms with Gasteiger partial charge in [-0.2, -0.15) is 0 Å². The van der Waals surface area contributed by atoms with Crippen LogP contribution in [0.15, 0.2) is 35.1 Å². The van der Waals surface area contributed by atoms with Crippen molar-refractivity contribution in [1.82, 2.24) is 19.6 Å². The second-order valence-corrected chi connectivity index (χ2v) is 8.29. The van der Waals surface area contributed by atoms with Gasteiger partial charge < -0.3 is 24.2 Å². The van der Waals surface area contributed by atoms with E-state index in [0.717, 1.165) is 36.5 Å². The third-order valence-electron chi connectivity index (χ3n) is 6.31. The van der Waals surface area contributed by atoms with Crippen LogP contribution < -0.4 is 9.47 Å². The van der Waals surface area contributed by atoms with Crippen molar-refractivity contribution in [3.8, 4) is 11.5 Å². The van der Waals surface area contributed by atoms with Crippen molar-refractivity contribution in [3.63, 3.8) is 0 Å². The third kappa shape index (κ3) is 3.55. The van der Waals surface area contributed by atoms with Crippen LogP contribution in [0.1, 0.15) is 32.3 Å². The Morgan fingerprint density at radius 3 is 2.50 bits per heavy atom. The molecule has 1 saturated heterocycles. The van der Waals surface area contributed by atoms with Crippen molar-refractivity contribution in [1.29, 1.82) is 0 Å². The minimum absolute atomic E-state index is 0.170. The number of benzene rings is 1. The van der Waals surface area contributed by atoms with Crippen LogP contribution in [-0.2, 0) is 11.2 Å². The molecule has 0 aliphatic carbocycles. The van der Waals surface area contributed by atoms with Gasteiger partial charge in [-0.25, -0.2) is 9.79 Å². The maximum atomic E-state index is 13.2. The second-order valence-electron chi connectivity index (χ2n) is 8.29. The zero-order valence-corrected chi connectivity index (χ0v) is 19.4. The summed E-state index contributed by atoms with van der Waals surface area (Å²) in [5.74, 6) is 1.95. The number of carbonyl (C=O) groups excluding carboxylic acids is 2. The molecule has 0 saturated carbocycles. The number of imide groups is 1. The molecular formula is C23H31N5O4. The SMILES string of the molecule is CCCCN1C(=O)C2C(N=C3N(CCc4ccc(OC)c(OC)c4)C(C)=CN32)N(C)C1=O. The summed E-state index contributed by atoms with van der Waals surface area (Å²) in [6, 6.07) is 5.12. The van der Waals surface area contributed by atoms with Crippen LogP contribution >= 0.6 is 0 Å². The van der Waals surface area contributed by atoms with E-state index < -0.39 is 12.2 Å². The number of carbonyl (C=O) groups is 2. The zero-order chi connectivity index (χ0) is 23.0. The first kappa shape index (κ1) is 22.0. The summed E-state index contributed by atoms with van der Waals surface area (Å²) >= 11 is 0. The summed E-state index contributed by atoms with van der Waals surface area (Å²) in [6.07, 6.45) is 3.94. The lowest BCUT2D eigenvalue weighted by molar-refractivity contribution is -0.136. The molecule has 32 heavy (non-hydrogen) atoms.